The topological polar surface area (TPSA) is 76.2 Å². The van der Waals surface area contributed by atoms with Gasteiger partial charge in [0.15, 0.2) is 18.1 Å². The van der Waals surface area contributed by atoms with Crippen LogP contribution in [0, 0.1) is 0 Å². The summed E-state index contributed by atoms with van der Waals surface area (Å²) < 4.78 is 35.3. The van der Waals surface area contributed by atoms with E-state index in [2.05, 4.69) is 0 Å². The van der Waals surface area contributed by atoms with E-state index in [1.54, 1.807) is 30.2 Å². The number of amides is 1. The standard InChI is InChI=1S/C15H22N2O5S/c1-21-13-6-3-4-7-14(13)22-12-15(18)16-8-5-9-17(11-10-16)23(2,19)20/h3-4,6-7H,5,8-12H2,1-2H3. The van der Waals surface area contributed by atoms with E-state index in [0.29, 0.717) is 44.1 Å². The first-order chi connectivity index (χ1) is 10.9. The number of nitrogens with zero attached hydrogens (tertiary/aromatic N) is 2. The highest BCUT2D eigenvalue weighted by Gasteiger charge is 2.24. The molecule has 1 saturated heterocycles. The van der Waals surface area contributed by atoms with Crippen LogP contribution in [0.25, 0.3) is 0 Å². The van der Waals surface area contributed by atoms with Gasteiger partial charge in [-0.3, -0.25) is 4.79 Å². The lowest BCUT2D eigenvalue weighted by Gasteiger charge is -2.21. The third kappa shape index (κ3) is 4.84. The minimum Gasteiger partial charge on any atom is -0.493 e. The summed E-state index contributed by atoms with van der Waals surface area (Å²) in [6.07, 6.45) is 1.81. The molecule has 1 fully saturated rings. The molecule has 0 aromatic heterocycles. The maximum absolute atomic E-state index is 12.3. The highest BCUT2D eigenvalue weighted by molar-refractivity contribution is 7.88. The van der Waals surface area contributed by atoms with Gasteiger partial charge >= 0.3 is 0 Å². The Balaban J connectivity index is 1.91. The van der Waals surface area contributed by atoms with Gasteiger partial charge in [0, 0.05) is 26.2 Å². The maximum Gasteiger partial charge on any atom is 0.260 e. The number of ether oxygens (including phenoxy) is 2. The van der Waals surface area contributed by atoms with Gasteiger partial charge in [-0.25, -0.2) is 12.7 Å². The molecular formula is C15H22N2O5S. The number of para-hydroxylation sites is 2. The molecule has 1 aromatic rings. The molecule has 1 amide bonds. The zero-order valence-corrected chi connectivity index (χ0v) is 14.2. The van der Waals surface area contributed by atoms with E-state index in [9.17, 15) is 13.2 Å². The normalized spacial score (nSPS) is 16.7. The predicted molar refractivity (Wildman–Crippen MR) is 86.1 cm³/mol. The third-order valence-electron chi connectivity index (χ3n) is 3.70. The summed E-state index contributed by atoms with van der Waals surface area (Å²) in [6.45, 7) is 1.57. The molecule has 0 aliphatic carbocycles. The quantitative estimate of drug-likeness (QED) is 0.782. The van der Waals surface area contributed by atoms with Gasteiger partial charge in [0.2, 0.25) is 10.0 Å². The van der Waals surface area contributed by atoms with Crippen LogP contribution in [0.15, 0.2) is 24.3 Å². The summed E-state index contributed by atoms with van der Waals surface area (Å²) in [7, 11) is -1.67. The van der Waals surface area contributed by atoms with Gasteiger partial charge in [-0.1, -0.05) is 12.1 Å². The molecule has 1 heterocycles. The first kappa shape index (κ1) is 17.6. The van der Waals surface area contributed by atoms with Gasteiger partial charge in [-0.05, 0) is 18.6 Å². The largest absolute Gasteiger partial charge is 0.493 e. The van der Waals surface area contributed by atoms with Crippen molar-refractivity contribution in [1.29, 1.82) is 0 Å². The number of hydrogen-bond donors (Lipinski definition) is 0. The van der Waals surface area contributed by atoms with Crippen molar-refractivity contribution in [3.05, 3.63) is 24.3 Å². The predicted octanol–water partition coefficient (Wildman–Crippen LogP) is 0.568. The molecule has 128 valence electrons. The van der Waals surface area contributed by atoms with Crippen molar-refractivity contribution in [3.63, 3.8) is 0 Å². The van der Waals surface area contributed by atoms with Crippen LogP contribution in [0.1, 0.15) is 6.42 Å². The van der Waals surface area contributed by atoms with E-state index >= 15 is 0 Å². The van der Waals surface area contributed by atoms with E-state index in [1.807, 2.05) is 6.07 Å². The van der Waals surface area contributed by atoms with Gasteiger partial charge in [0.25, 0.3) is 5.91 Å². The third-order valence-corrected chi connectivity index (χ3v) is 5.00. The number of rotatable bonds is 5. The molecule has 0 unspecified atom stereocenters. The average Bonchev–Trinajstić information content (AvgIpc) is 2.78. The van der Waals surface area contributed by atoms with Crippen molar-refractivity contribution in [2.24, 2.45) is 0 Å². The molecular weight excluding hydrogens is 320 g/mol. The second-order valence-corrected chi connectivity index (χ2v) is 7.32. The molecule has 2 rings (SSSR count). The Labute approximate surface area is 136 Å². The first-order valence-electron chi connectivity index (χ1n) is 7.40. The first-order valence-corrected chi connectivity index (χ1v) is 9.25. The zero-order valence-electron chi connectivity index (χ0n) is 13.4. The minimum absolute atomic E-state index is 0.0980. The van der Waals surface area contributed by atoms with E-state index in [4.69, 9.17) is 9.47 Å². The monoisotopic (exact) mass is 342 g/mol. The zero-order chi connectivity index (χ0) is 16.9. The smallest absolute Gasteiger partial charge is 0.260 e. The Kier molecular flexibility index (Phi) is 5.84. The highest BCUT2D eigenvalue weighted by atomic mass is 32.2. The Morgan fingerprint density at radius 2 is 1.83 bits per heavy atom. The van der Waals surface area contributed by atoms with Crippen LogP contribution in [0.3, 0.4) is 0 Å². The number of benzene rings is 1. The van der Waals surface area contributed by atoms with Crippen molar-refractivity contribution in [2.45, 2.75) is 6.42 Å². The molecule has 0 spiro atoms. The summed E-state index contributed by atoms with van der Waals surface area (Å²) in [6, 6.07) is 7.12. The number of hydrogen-bond acceptors (Lipinski definition) is 5. The van der Waals surface area contributed by atoms with Crippen LogP contribution in [0.5, 0.6) is 11.5 Å². The fourth-order valence-electron chi connectivity index (χ4n) is 2.44. The van der Waals surface area contributed by atoms with Crippen LogP contribution in [0.4, 0.5) is 0 Å². The van der Waals surface area contributed by atoms with E-state index in [0.717, 1.165) is 0 Å². The number of carbonyl (C=O) groups is 1. The lowest BCUT2D eigenvalue weighted by molar-refractivity contribution is -0.133. The molecule has 7 nitrogen and oxygen atoms in total. The summed E-state index contributed by atoms with van der Waals surface area (Å²) in [5.74, 6) is 0.918. The van der Waals surface area contributed by atoms with Gasteiger partial charge in [-0.15, -0.1) is 0 Å². The lowest BCUT2D eigenvalue weighted by atomic mass is 10.3. The summed E-state index contributed by atoms with van der Waals surface area (Å²) in [4.78, 5) is 13.9. The molecule has 1 aromatic carbocycles. The Morgan fingerprint density at radius 1 is 1.13 bits per heavy atom. The van der Waals surface area contributed by atoms with Crippen LogP contribution in [0.2, 0.25) is 0 Å². The van der Waals surface area contributed by atoms with Gasteiger partial charge in [-0.2, -0.15) is 0 Å². The van der Waals surface area contributed by atoms with Crippen molar-refractivity contribution < 1.29 is 22.7 Å². The highest BCUT2D eigenvalue weighted by Crippen LogP contribution is 2.25. The van der Waals surface area contributed by atoms with Crippen LogP contribution >= 0.6 is 0 Å². The molecule has 1 aliphatic heterocycles. The molecule has 1 aliphatic rings. The molecule has 8 heteroatoms. The Morgan fingerprint density at radius 3 is 2.48 bits per heavy atom. The minimum atomic E-state index is -3.22. The summed E-state index contributed by atoms with van der Waals surface area (Å²) >= 11 is 0. The van der Waals surface area contributed by atoms with Crippen molar-refractivity contribution in [2.75, 3.05) is 46.2 Å². The maximum atomic E-state index is 12.3. The van der Waals surface area contributed by atoms with Gasteiger partial charge < -0.3 is 14.4 Å². The van der Waals surface area contributed by atoms with E-state index in [1.165, 1.54) is 10.6 Å². The van der Waals surface area contributed by atoms with Crippen molar-refractivity contribution >= 4 is 15.9 Å². The van der Waals surface area contributed by atoms with E-state index in [-0.39, 0.29) is 12.5 Å². The SMILES string of the molecule is COc1ccccc1OCC(=O)N1CCCN(S(C)(=O)=O)CC1. The number of sulfonamides is 1. The Hall–Kier alpha value is -1.80. The lowest BCUT2D eigenvalue weighted by Crippen LogP contribution is -2.39. The van der Waals surface area contributed by atoms with Crippen LogP contribution in [-0.4, -0.2) is 69.7 Å². The fourth-order valence-corrected chi connectivity index (χ4v) is 3.32. The molecule has 0 N–H and O–H groups in total. The molecule has 0 radical (unpaired) electrons. The summed E-state index contributed by atoms with van der Waals surface area (Å²) in [5, 5.41) is 0. The van der Waals surface area contributed by atoms with E-state index < -0.39 is 10.0 Å². The van der Waals surface area contributed by atoms with Crippen molar-refractivity contribution in [3.8, 4) is 11.5 Å². The number of methoxy groups -OCH3 is 1. The summed E-state index contributed by atoms with van der Waals surface area (Å²) in [5.41, 5.74) is 0. The van der Waals surface area contributed by atoms with Crippen LogP contribution < -0.4 is 9.47 Å². The fraction of sp³-hybridized carbons (Fsp3) is 0.533. The average molecular weight is 342 g/mol. The Bertz CT molecular complexity index is 647. The van der Waals surface area contributed by atoms with Gasteiger partial charge in [0.1, 0.15) is 0 Å². The van der Waals surface area contributed by atoms with Crippen LogP contribution in [-0.2, 0) is 14.8 Å². The second kappa shape index (κ2) is 7.65. The molecule has 0 bridgehead atoms. The second-order valence-electron chi connectivity index (χ2n) is 5.34. The molecule has 0 saturated carbocycles. The molecule has 23 heavy (non-hydrogen) atoms. The number of carbonyl (C=O) groups excluding carboxylic acids is 1. The van der Waals surface area contributed by atoms with Crippen molar-refractivity contribution in [1.82, 2.24) is 9.21 Å². The van der Waals surface area contributed by atoms with Gasteiger partial charge in [0.05, 0.1) is 13.4 Å². The molecule has 0 atom stereocenters.